The molecule has 8 heteroatoms. The van der Waals surface area contributed by atoms with E-state index in [-0.39, 0.29) is 28.4 Å². The molecule has 1 aliphatic carbocycles. The van der Waals surface area contributed by atoms with Crippen LogP contribution in [0.3, 0.4) is 0 Å². The maximum absolute atomic E-state index is 13.1. The van der Waals surface area contributed by atoms with Crippen molar-refractivity contribution < 1.29 is 17.9 Å². The van der Waals surface area contributed by atoms with Gasteiger partial charge >= 0.3 is 0 Å². The number of hydrogen-bond acceptors (Lipinski definition) is 4. The highest BCUT2D eigenvalue weighted by Gasteiger charge is 2.35. The highest BCUT2D eigenvalue weighted by Crippen LogP contribution is 2.30. The number of amides is 1. The molecule has 7 nitrogen and oxygen atoms in total. The number of carbonyl (C=O) groups is 1. The molecule has 2 fully saturated rings. The number of benzene rings is 2. The van der Waals surface area contributed by atoms with E-state index in [0.29, 0.717) is 45.4 Å². The number of nitrogens with one attached hydrogen (secondary N) is 2. The molecule has 1 saturated heterocycles. The summed E-state index contributed by atoms with van der Waals surface area (Å²) in [4.78, 5) is 18.5. The third kappa shape index (κ3) is 5.29. The molecule has 35 heavy (non-hydrogen) atoms. The molecule has 0 radical (unpaired) electrons. The zero-order chi connectivity index (χ0) is 24.6. The summed E-state index contributed by atoms with van der Waals surface area (Å²) in [5.41, 5.74) is 2.48. The minimum Gasteiger partial charge on any atom is -0.372 e. The molecule has 2 heterocycles. The molecule has 5 rings (SSSR count). The quantitative estimate of drug-likeness (QED) is 0.552. The molecule has 1 amide bonds. The second-order valence-electron chi connectivity index (χ2n) is 10.3. The molecule has 0 spiro atoms. The summed E-state index contributed by atoms with van der Waals surface area (Å²) in [6.07, 6.45) is 2.71. The van der Waals surface area contributed by atoms with Crippen molar-refractivity contribution in [2.24, 2.45) is 5.92 Å². The zero-order valence-corrected chi connectivity index (χ0v) is 21.1. The van der Waals surface area contributed by atoms with Gasteiger partial charge in [-0.3, -0.25) is 4.79 Å². The lowest BCUT2D eigenvalue weighted by atomic mass is 9.85. The number of carbonyl (C=O) groups excluding carboxylic acids is 1. The Labute approximate surface area is 206 Å². The van der Waals surface area contributed by atoms with Crippen LogP contribution in [0.4, 0.5) is 0 Å². The van der Waals surface area contributed by atoms with E-state index in [0.717, 1.165) is 22.2 Å². The monoisotopic (exact) mass is 495 g/mol. The zero-order valence-electron chi connectivity index (χ0n) is 20.3. The molecule has 2 aliphatic rings. The second kappa shape index (κ2) is 9.41. The summed E-state index contributed by atoms with van der Waals surface area (Å²) in [5, 5.41) is 0.966. The van der Waals surface area contributed by atoms with Gasteiger partial charge < -0.3 is 14.6 Å². The number of ether oxygens (including phenoxy) is 1. The Kier molecular flexibility index (Phi) is 6.46. The van der Waals surface area contributed by atoms with Crippen molar-refractivity contribution in [2.45, 2.75) is 56.1 Å². The van der Waals surface area contributed by atoms with Crippen LogP contribution < -0.4 is 4.72 Å². The van der Waals surface area contributed by atoms with Gasteiger partial charge in [0.2, 0.25) is 15.9 Å². The Balaban J connectivity index is 1.22. The number of aromatic nitrogens is 1. The van der Waals surface area contributed by atoms with E-state index < -0.39 is 10.0 Å². The first kappa shape index (κ1) is 24.0. The Morgan fingerprint density at radius 2 is 1.80 bits per heavy atom. The van der Waals surface area contributed by atoms with Crippen molar-refractivity contribution in [3.05, 3.63) is 54.6 Å². The van der Waals surface area contributed by atoms with E-state index in [9.17, 15) is 13.2 Å². The van der Waals surface area contributed by atoms with Gasteiger partial charge in [0.05, 0.1) is 17.1 Å². The molecular formula is C27H33N3O4S. The molecule has 1 aromatic heterocycles. The van der Waals surface area contributed by atoms with Crippen LogP contribution in [-0.2, 0) is 19.6 Å². The average Bonchev–Trinajstić information content (AvgIpc) is 3.27. The highest BCUT2D eigenvalue weighted by atomic mass is 32.2. The van der Waals surface area contributed by atoms with Crippen LogP contribution in [0.25, 0.3) is 22.2 Å². The first-order valence-electron chi connectivity index (χ1n) is 12.3. The number of H-pyrrole nitrogens is 1. The van der Waals surface area contributed by atoms with Crippen LogP contribution in [0.5, 0.6) is 0 Å². The van der Waals surface area contributed by atoms with Crippen LogP contribution in [0.2, 0.25) is 0 Å². The van der Waals surface area contributed by atoms with Gasteiger partial charge in [-0.05, 0) is 63.3 Å². The Bertz CT molecular complexity index is 1310. The number of fused-ring (bicyclic) bond motifs is 1. The summed E-state index contributed by atoms with van der Waals surface area (Å²) >= 11 is 0. The van der Waals surface area contributed by atoms with E-state index in [2.05, 4.69) is 9.71 Å². The molecule has 0 atom stereocenters. The number of sulfonamides is 1. The van der Waals surface area contributed by atoms with E-state index in [1.165, 1.54) is 0 Å². The topological polar surface area (TPSA) is 91.5 Å². The summed E-state index contributed by atoms with van der Waals surface area (Å²) < 4.78 is 34.9. The minimum absolute atomic E-state index is 0.0451. The summed E-state index contributed by atoms with van der Waals surface area (Å²) in [6.45, 7) is 5.80. The highest BCUT2D eigenvalue weighted by molar-refractivity contribution is 7.89. The summed E-state index contributed by atoms with van der Waals surface area (Å²) in [7, 11) is -3.66. The molecule has 0 unspecified atom stereocenters. The van der Waals surface area contributed by atoms with Gasteiger partial charge in [-0.25, -0.2) is 13.1 Å². The fourth-order valence-corrected chi connectivity index (χ4v) is 6.59. The molecule has 1 saturated carbocycles. The van der Waals surface area contributed by atoms with Crippen molar-refractivity contribution in [3.8, 4) is 11.3 Å². The number of nitrogens with zero attached hydrogens (tertiary/aromatic N) is 1. The van der Waals surface area contributed by atoms with Crippen molar-refractivity contribution >= 4 is 26.8 Å². The van der Waals surface area contributed by atoms with Crippen LogP contribution in [0.1, 0.15) is 39.5 Å². The first-order chi connectivity index (χ1) is 16.7. The maximum atomic E-state index is 13.1. The standard InChI is InChI=1S/C27H33N3O4S/c1-27(2)18-30(14-15-34-27)26(31)20-8-11-22(12-9-20)29-35(32,33)23-13-10-21-16-24(28-25(21)17-23)19-6-4-3-5-7-19/h3-7,10,13,16-17,20,22,28-29H,8-9,11-12,14-15,18H2,1-2H3/t20-,22-. The van der Waals surface area contributed by atoms with Gasteiger partial charge in [-0.15, -0.1) is 0 Å². The third-order valence-corrected chi connectivity index (χ3v) is 8.64. The van der Waals surface area contributed by atoms with Crippen molar-refractivity contribution in [2.75, 3.05) is 19.7 Å². The smallest absolute Gasteiger partial charge is 0.240 e. The lowest BCUT2D eigenvalue weighted by molar-refractivity contribution is -0.151. The third-order valence-electron chi connectivity index (χ3n) is 7.12. The van der Waals surface area contributed by atoms with Gasteiger partial charge in [0.15, 0.2) is 0 Å². The SMILES string of the molecule is CC1(C)CN(C(=O)[C@H]2CC[C@H](NS(=O)(=O)c3ccc4cc(-c5ccccc5)[nH]c4c3)CC2)CCO1. The predicted molar refractivity (Wildman–Crippen MR) is 136 cm³/mol. The minimum atomic E-state index is -3.66. The normalized spacial score (nSPS) is 22.9. The lowest BCUT2D eigenvalue weighted by Gasteiger charge is -2.40. The van der Waals surface area contributed by atoms with Crippen LogP contribution >= 0.6 is 0 Å². The average molecular weight is 496 g/mol. The Morgan fingerprint density at radius 3 is 2.51 bits per heavy atom. The van der Waals surface area contributed by atoms with Crippen molar-refractivity contribution in [1.82, 2.24) is 14.6 Å². The number of hydrogen-bond donors (Lipinski definition) is 2. The summed E-state index contributed by atoms with van der Waals surface area (Å²) in [6, 6.07) is 17.0. The van der Waals surface area contributed by atoms with Crippen LogP contribution in [-0.4, -0.2) is 55.5 Å². The van der Waals surface area contributed by atoms with Crippen molar-refractivity contribution in [3.63, 3.8) is 0 Å². The van der Waals surface area contributed by atoms with E-state index >= 15 is 0 Å². The second-order valence-corrected chi connectivity index (χ2v) is 12.0. The molecule has 2 aromatic carbocycles. The molecule has 2 N–H and O–H groups in total. The number of rotatable bonds is 5. The van der Waals surface area contributed by atoms with E-state index in [1.54, 1.807) is 12.1 Å². The summed E-state index contributed by atoms with van der Waals surface area (Å²) in [5.74, 6) is 0.130. The maximum Gasteiger partial charge on any atom is 0.240 e. The van der Waals surface area contributed by atoms with E-state index in [4.69, 9.17) is 4.74 Å². The molecule has 186 valence electrons. The molecule has 1 aliphatic heterocycles. The lowest BCUT2D eigenvalue weighted by Crippen LogP contribution is -2.52. The first-order valence-corrected chi connectivity index (χ1v) is 13.8. The van der Waals surface area contributed by atoms with Crippen molar-refractivity contribution in [1.29, 1.82) is 0 Å². The van der Waals surface area contributed by atoms with Gasteiger partial charge in [-0.2, -0.15) is 0 Å². The van der Waals surface area contributed by atoms with Gasteiger partial charge in [0.25, 0.3) is 0 Å². The molecular weight excluding hydrogens is 462 g/mol. The Hall–Kier alpha value is -2.68. The number of morpholine rings is 1. The van der Waals surface area contributed by atoms with Gasteiger partial charge in [-0.1, -0.05) is 36.4 Å². The molecule has 3 aromatic rings. The number of aromatic amines is 1. The van der Waals surface area contributed by atoms with Gasteiger partial charge in [0, 0.05) is 41.6 Å². The largest absolute Gasteiger partial charge is 0.372 e. The molecule has 0 bridgehead atoms. The predicted octanol–water partition coefficient (Wildman–Crippen LogP) is 4.31. The van der Waals surface area contributed by atoms with E-state index in [1.807, 2.05) is 61.2 Å². The fraction of sp³-hybridized carbons (Fsp3) is 0.444. The fourth-order valence-electron chi connectivity index (χ4n) is 5.26. The van der Waals surface area contributed by atoms with Gasteiger partial charge in [0.1, 0.15) is 0 Å². The van der Waals surface area contributed by atoms with Crippen LogP contribution in [0, 0.1) is 5.92 Å². The van der Waals surface area contributed by atoms with Crippen LogP contribution in [0.15, 0.2) is 59.5 Å². The Morgan fingerprint density at radius 1 is 1.06 bits per heavy atom.